The Morgan fingerprint density at radius 2 is 1.03 bits per heavy atom. The summed E-state index contributed by atoms with van der Waals surface area (Å²) in [4.78, 5) is 25.6. The molecule has 7 N–H and O–H groups in total. The van der Waals surface area contributed by atoms with Crippen LogP contribution in [0.4, 0.5) is 0 Å². The summed E-state index contributed by atoms with van der Waals surface area (Å²) in [7, 11) is 0. The van der Waals surface area contributed by atoms with Gasteiger partial charge in [-0.1, -0.05) is 120 Å². The summed E-state index contributed by atoms with van der Waals surface area (Å²) >= 11 is 0. The number of aliphatic hydroxyl groups is 7. The van der Waals surface area contributed by atoms with Gasteiger partial charge in [-0.3, -0.25) is 9.59 Å². The van der Waals surface area contributed by atoms with Gasteiger partial charge in [0.1, 0.15) is 55.4 Å². The zero-order chi connectivity index (χ0) is 44.7. The highest BCUT2D eigenvalue weighted by Crippen LogP contribution is 2.26. The second-order valence-corrected chi connectivity index (χ2v) is 15.9. The molecule has 2 saturated heterocycles. The summed E-state index contributed by atoms with van der Waals surface area (Å²) in [6, 6.07) is 0. The maximum absolute atomic E-state index is 12.9. The fraction of sp³-hybridized carbons (Fsp3) is 0.783. The molecule has 2 aliphatic rings. The Morgan fingerprint density at radius 1 is 0.541 bits per heavy atom. The highest BCUT2D eigenvalue weighted by Gasteiger charge is 2.47. The monoisotopic (exact) mass is 871 g/mol. The Balaban J connectivity index is 1.88. The Labute approximate surface area is 363 Å². The predicted octanol–water partition coefficient (Wildman–Crippen LogP) is 4.76. The molecule has 15 nitrogen and oxygen atoms in total. The smallest absolute Gasteiger partial charge is 0.306 e. The lowest BCUT2D eigenvalue weighted by Crippen LogP contribution is -2.61. The third-order valence-corrected chi connectivity index (χ3v) is 10.6. The van der Waals surface area contributed by atoms with Crippen LogP contribution in [0.2, 0.25) is 0 Å². The molecular weight excluding hydrogens is 792 g/mol. The molecule has 0 saturated carbocycles. The number of hydrogen-bond acceptors (Lipinski definition) is 15. The van der Waals surface area contributed by atoms with E-state index in [-0.39, 0.29) is 19.4 Å². The number of unbranched alkanes of at least 4 members (excludes halogenated alkanes) is 11. The molecule has 0 aliphatic carbocycles. The van der Waals surface area contributed by atoms with E-state index in [0.717, 1.165) is 57.8 Å². The first-order chi connectivity index (χ1) is 29.5. The van der Waals surface area contributed by atoms with Crippen molar-refractivity contribution in [1.82, 2.24) is 0 Å². The molecule has 2 aliphatic heterocycles. The van der Waals surface area contributed by atoms with E-state index in [1.807, 2.05) is 0 Å². The van der Waals surface area contributed by atoms with E-state index in [1.54, 1.807) is 0 Å². The average Bonchev–Trinajstić information content (AvgIpc) is 3.25. The van der Waals surface area contributed by atoms with Crippen molar-refractivity contribution in [2.45, 2.75) is 203 Å². The highest BCUT2D eigenvalue weighted by molar-refractivity contribution is 5.70. The van der Waals surface area contributed by atoms with E-state index in [9.17, 15) is 45.3 Å². The molecule has 0 aromatic rings. The number of allylic oxidation sites excluding steroid dienone is 8. The Kier molecular flexibility index (Phi) is 30.4. The molecule has 0 radical (unpaired) electrons. The summed E-state index contributed by atoms with van der Waals surface area (Å²) in [5.74, 6) is -0.979. The van der Waals surface area contributed by atoms with Gasteiger partial charge in [0.15, 0.2) is 18.7 Å². The van der Waals surface area contributed by atoms with Crippen LogP contribution in [0, 0.1) is 0 Å². The fourth-order valence-corrected chi connectivity index (χ4v) is 6.79. The first-order valence-electron chi connectivity index (χ1n) is 22.7. The second kappa shape index (κ2) is 33.9. The lowest BCUT2D eigenvalue weighted by atomic mass is 9.98. The minimum absolute atomic E-state index is 0.112. The van der Waals surface area contributed by atoms with Crippen LogP contribution in [0.3, 0.4) is 0 Å². The van der Waals surface area contributed by atoms with Crippen molar-refractivity contribution in [2.24, 2.45) is 0 Å². The van der Waals surface area contributed by atoms with Crippen LogP contribution in [0.15, 0.2) is 48.6 Å². The van der Waals surface area contributed by atoms with Crippen LogP contribution in [0.5, 0.6) is 0 Å². The van der Waals surface area contributed by atoms with Crippen LogP contribution in [-0.4, -0.2) is 142 Å². The molecule has 61 heavy (non-hydrogen) atoms. The second-order valence-electron chi connectivity index (χ2n) is 15.9. The molecule has 352 valence electrons. The standard InChI is InChI=1S/C46H78O15/c1-3-5-7-9-11-13-15-16-17-18-19-21-23-25-27-29-38(49)59-34(31-56-37(48)28-26-24-22-20-14-12-10-8-6-4-2)32-57-45-44(55)42(53)40(51)36(61-45)33-58-46-43(54)41(52)39(50)35(30-47)60-46/h5,7,11,13,16-17,19,21,34-36,39-47,50-55H,3-4,6,8-10,12,14-15,18,20,22-33H2,1-2H3/b7-5+,13-11+,17-16+,21-19+/t34-,35-,36-,39+,40+,41?,42?,43?,44?,45-,46-/m1/s1. The average molecular weight is 871 g/mol. The number of carbonyl (C=O) groups excluding carboxylic acids is 2. The van der Waals surface area contributed by atoms with Crippen LogP contribution >= 0.6 is 0 Å². The molecule has 11 atom stereocenters. The summed E-state index contributed by atoms with van der Waals surface area (Å²) < 4.78 is 33.4. The Bertz CT molecular complexity index is 1260. The number of carbonyl (C=O) groups is 2. The van der Waals surface area contributed by atoms with E-state index in [4.69, 9.17) is 28.4 Å². The van der Waals surface area contributed by atoms with Crippen LogP contribution < -0.4 is 0 Å². The Hall–Kier alpha value is -2.54. The van der Waals surface area contributed by atoms with Crippen molar-refractivity contribution in [3.8, 4) is 0 Å². The molecule has 2 fully saturated rings. The van der Waals surface area contributed by atoms with Gasteiger partial charge in [0.25, 0.3) is 0 Å². The molecule has 0 aromatic carbocycles. The predicted molar refractivity (Wildman–Crippen MR) is 229 cm³/mol. The Morgan fingerprint density at radius 3 is 1.62 bits per heavy atom. The van der Waals surface area contributed by atoms with Gasteiger partial charge >= 0.3 is 11.9 Å². The molecule has 0 spiro atoms. The van der Waals surface area contributed by atoms with Gasteiger partial charge in [-0.15, -0.1) is 0 Å². The minimum Gasteiger partial charge on any atom is -0.462 e. The highest BCUT2D eigenvalue weighted by atomic mass is 16.7. The van der Waals surface area contributed by atoms with Gasteiger partial charge in [-0.05, 0) is 51.4 Å². The van der Waals surface area contributed by atoms with Crippen LogP contribution in [-0.2, 0) is 38.0 Å². The molecule has 2 rings (SSSR count). The minimum atomic E-state index is -1.77. The summed E-state index contributed by atoms with van der Waals surface area (Å²) in [5, 5.41) is 71.8. The van der Waals surface area contributed by atoms with E-state index in [1.165, 1.54) is 38.5 Å². The van der Waals surface area contributed by atoms with Crippen molar-refractivity contribution in [3.63, 3.8) is 0 Å². The topological polar surface area (TPSA) is 231 Å². The van der Waals surface area contributed by atoms with Crippen LogP contribution in [0.25, 0.3) is 0 Å². The van der Waals surface area contributed by atoms with Gasteiger partial charge in [0, 0.05) is 12.8 Å². The molecule has 4 unspecified atom stereocenters. The number of aliphatic hydroxyl groups excluding tert-OH is 7. The van der Waals surface area contributed by atoms with Gasteiger partial charge in [0.05, 0.1) is 19.8 Å². The molecule has 0 aromatic heterocycles. The summed E-state index contributed by atoms with van der Waals surface area (Å²) in [5.41, 5.74) is 0. The first kappa shape index (κ1) is 54.6. The van der Waals surface area contributed by atoms with Crippen molar-refractivity contribution < 1.29 is 73.8 Å². The van der Waals surface area contributed by atoms with Crippen molar-refractivity contribution in [2.75, 3.05) is 26.4 Å². The van der Waals surface area contributed by atoms with Crippen LogP contribution in [0.1, 0.15) is 136 Å². The zero-order valence-corrected chi connectivity index (χ0v) is 36.6. The third-order valence-electron chi connectivity index (χ3n) is 10.6. The molecular formula is C46H78O15. The first-order valence-corrected chi connectivity index (χ1v) is 22.7. The number of hydrogen-bond donors (Lipinski definition) is 7. The van der Waals surface area contributed by atoms with Crippen molar-refractivity contribution >= 4 is 11.9 Å². The van der Waals surface area contributed by atoms with Gasteiger partial charge < -0.3 is 64.2 Å². The third kappa shape index (κ3) is 23.1. The quantitative estimate of drug-likeness (QED) is 0.0268. The number of ether oxygens (including phenoxy) is 6. The number of esters is 2. The normalized spacial score (nSPS) is 27.8. The maximum Gasteiger partial charge on any atom is 0.306 e. The summed E-state index contributed by atoms with van der Waals surface area (Å²) in [6.07, 6.45) is 17.4. The van der Waals surface area contributed by atoms with Gasteiger partial charge in [-0.2, -0.15) is 0 Å². The SMILES string of the molecule is CC/C=C/C/C=C/C/C=C/C/C=C/CCCCC(=O)O[C@H](COC(=O)CCCCCCCCCCCC)CO[C@@H]1O[C@H](CO[C@@H]2O[C@H](CO)[C@H](O)C(O)C2O)[C@H](O)C(O)C1O. The largest absolute Gasteiger partial charge is 0.462 e. The lowest BCUT2D eigenvalue weighted by molar-refractivity contribution is -0.332. The molecule has 0 amide bonds. The van der Waals surface area contributed by atoms with Crippen molar-refractivity contribution in [3.05, 3.63) is 48.6 Å². The van der Waals surface area contributed by atoms with Gasteiger partial charge in [-0.25, -0.2) is 0 Å². The number of rotatable bonds is 33. The fourth-order valence-electron chi connectivity index (χ4n) is 6.79. The molecule has 0 bridgehead atoms. The van der Waals surface area contributed by atoms with Gasteiger partial charge in [0.2, 0.25) is 0 Å². The van der Waals surface area contributed by atoms with E-state index < -0.39 is 99.3 Å². The van der Waals surface area contributed by atoms with E-state index >= 15 is 0 Å². The van der Waals surface area contributed by atoms with Crippen molar-refractivity contribution in [1.29, 1.82) is 0 Å². The molecule has 15 heteroatoms. The maximum atomic E-state index is 12.9. The summed E-state index contributed by atoms with van der Waals surface area (Å²) in [6.45, 7) is 2.38. The zero-order valence-electron chi connectivity index (χ0n) is 36.6. The lowest BCUT2D eigenvalue weighted by Gasteiger charge is -2.42. The van der Waals surface area contributed by atoms with E-state index in [0.29, 0.717) is 12.8 Å². The molecule has 2 heterocycles. The van der Waals surface area contributed by atoms with E-state index in [2.05, 4.69) is 62.5 Å².